The molecule has 3 rings (SSSR count). The van der Waals surface area contributed by atoms with Crippen molar-refractivity contribution in [2.45, 2.75) is 39.2 Å². The lowest BCUT2D eigenvalue weighted by atomic mass is 9.80. The number of rotatable bonds is 2. The monoisotopic (exact) mass is 273 g/mol. The van der Waals surface area contributed by atoms with E-state index in [2.05, 4.69) is 29.5 Å². The Morgan fingerprint density at radius 1 is 1.20 bits per heavy atom. The zero-order valence-electron chi connectivity index (χ0n) is 12.5. The van der Waals surface area contributed by atoms with Crippen molar-refractivity contribution < 1.29 is 4.74 Å². The van der Waals surface area contributed by atoms with Gasteiger partial charge in [-0.2, -0.15) is 0 Å². The first-order valence-electron chi connectivity index (χ1n) is 7.40. The number of fused-ring (bicyclic) bond motifs is 1. The average Bonchev–Trinajstić information content (AvgIpc) is 2.72. The molecule has 1 saturated carbocycles. The van der Waals surface area contributed by atoms with E-state index in [4.69, 9.17) is 10.5 Å². The zero-order valence-corrected chi connectivity index (χ0v) is 12.5. The summed E-state index contributed by atoms with van der Waals surface area (Å²) in [5, 5.41) is 0. The molecule has 2 N–H and O–H groups in total. The van der Waals surface area contributed by atoms with Crippen LogP contribution in [0.4, 0.5) is 5.95 Å². The number of hydrogen-bond donors (Lipinski definition) is 1. The minimum atomic E-state index is 0.465. The van der Waals surface area contributed by atoms with Gasteiger partial charge in [0.05, 0.1) is 18.1 Å². The van der Waals surface area contributed by atoms with Gasteiger partial charge in [0.25, 0.3) is 0 Å². The summed E-state index contributed by atoms with van der Waals surface area (Å²) >= 11 is 0. The van der Waals surface area contributed by atoms with Crippen LogP contribution in [0.5, 0.6) is 5.75 Å². The fourth-order valence-electron chi connectivity index (χ4n) is 3.72. The van der Waals surface area contributed by atoms with Crippen LogP contribution in [-0.2, 0) is 0 Å². The maximum absolute atomic E-state index is 6.18. The summed E-state index contributed by atoms with van der Waals surface area (Å²) in [5.74, 6) is 2.95. The van der Waals surface area contributed by atoms with Gasteiger partial charge in [0, 0.05) is 12.1 Å². The Balaban J connectivity index is 2.04. The molecule has 0 spiro atoms. The fourth-order valence-corrected chi connectivity index (χ4v) is 3.72. The maximum Gasteiger partial charge on any atom is 0.201 e. The molecule has 1 fully saturated rings. The highest BCUT2D eigenvalue weighted by molar-refractivity contribution is 5.80. The van der Waals surface area contributed by atoms with Gasteiger partial charge in [-0.25, -0.2) is 4.98 Å². The van der Waals surface area contributed by atoms with Crippen LogP contribution in [0.1, 0.15) is 39.2 Å². The van der Waals surface area contributed by atoms with Crippen molar-refractivity contribution in [3.63, 3.8) is 0 Å². The van der Waals surface area contributed by atoms with Gasteiger partial charge in [0.2, 0.25) is 5.95 Å². The van der Waals surface area contributed by atoms with Crippen molar-refractivity contribution in [2.24, 2.45) is 11.8 Å². The lowest BCUT2D eigenvalue weighted by Gasteiger charge is -2.33. The number of anilines is 1. The Morgan fingerprint density at radius 3 is 2.55 bits per heavy atom. The molecule has 20 heavy (non-hydrogen) atoms. The highest BCUT2D eigenvalue weighted by Crippen LogP contribution is 2.39. The van der Waals surface area contributed by atoms with Crippen LogP contribution in [0.2, 0.25) is 0 Å². The van der Waals surface area contributed by atoms with Crippen LogP contribution in [0.15, 0.2) is 18.2 Å². The van der Waals surface area contributed by atoms with Gasteiger partial charge in [0.15, 0.2) is 0 Å². The van der Waals surface area contributed by atoms with E-state index in [0.717, 1.165) is 28.6 Å². The molecule has 2 unspecified atom stereocenters. The Hall–Kier alpha value is -1.71. The van der Waals surface area contributed by atoms with E-state index in [0.29, 0.717) is 12.0 Å². The van der Waals surface area contributed by atoms with Gasteiger partial charge in [-0.3, -0.25) is 0 Å². The molecular weight excluding hydrogens is 250 g/mol. The van der Waals surface area contributed by atoms with Crippen LogP contribution in [-0.4, -0.2) is 16.7 Å². The molecule has 1 aromatic carbocycles. The second-order valence-corrected chi connectivity index (χ2v) is 6.27. The van der Waals surface area contributed by atoms with Crippen LogP contribution in [0, 0.1) is 11.8 Å². The Bertz CT molecular complexity index is 609. The van der Waals surface area contributed by atoms with Crippen LogP contribution in [0.3, 0.4) is 0 Å². The van der Waals surface area contributed by atoms with Crippen LogP contribution < -0.4 is 10.5 Å². The summed E-state index contributed by atoms with van der Waals surface area (Å²) in [7, 11) is 1.67. The summed E-state index contributed by atoms with van der Waals surface area (Å²) < 4.78 is 7.48. The average molecular weight is 273 g/mol. The van der Waals surface area contributed by atoms with E-state index in [-0.39, 0.29) is 0 Å². The van der Waals surface area contributed by atoms with Gasteiger partial charge in [-0.15, -0.1) is 0 Å². The van der Waals surface area contributed by atoms with Crippen LogP contribution >= 0.6 is 0 Å². The van der Waals surface area contributed by atoms with E-state index in [9.17, 15) is 0 Å². The Kier molecular flexibility index (Phi) is 3.32. The second kappa shape index (κ2) is 5.00. The topological polar surface area (TPSA) is 53.1 Å². The number of imidazole rings is 1. The molecule has 0 saturated heterocycles. The molecule has 0 radical (unpaired) electrons. The molecule has 4 nitrogen and oxygen atoms in total. The van der Waals surface area contributed by atoms with E-state index < -0.39 is 0 Å². The van der Waals surface area contributed by atoms with E-state index in [1.54, 1.807) is 7.11 Å². The fraction of sp³-hybridized carbons (Fsp3) is 0.562. The van der Waals surface area contributed by atoms with Gasteiger partial charge >= 0.3 is 0 Å². The Morgan fingerprint density at radius 2 is 1.90 bits per heavy atom. The molecule has 1 aliphatic carbocycles. The quantitative estimate of drug-likeness (QED) is 0.909. The van der Waals surface area contributed by atoms with Crippen molar-refractivity contribution >= 4 is 17.0 Å². The third-order valence-electron chi connectivity index (χ3n) is 4.44. The van der Waals surface area contributed by atoms with E-state index >= 15 is 0 Å². The minimum Gasteiger partial charge on any atom is -0.497 e. The van der Waals surface area contributed by atoms with Gasteiger partial charge < -0.3 is 15.0 Å². The minimum absolute atomic E-state index is 0.465. The molecule has 2 atom stereocenters. The summed E-state index contributed by atoms with van der Waals surface area (Å²) in [6, 6.07) is 6.47. The summed E-state index contributed by atoms with van der Waals surface area (Å²) in [6.07, 6.45) is 3.69. The van der Waals surface area contributed by atoms with Crippen molar-refractivity contribution in [3.8, 4) is 5.75 Å². The predicted molar refractivity (Wildman–Crippen MR) is 81.9 cm³/mol. The standard InChI is InChI=1S/C16H23N3O/c1-10-6-11(2)8-12(7-10)19-15-5-4-13(20-3)9-14(15)18-16(19)17/h4-5,9-12H,6-8H2,1-3H3,(H2,17,18). The first kappa shape index (κ1) is 13.3. The first-order chi connectivity index (χ1) is 9.58. The predicted octanol–water partition coefficient (Wildman–Crippen LogP) is 3.62. The number of nitrogens with zero attached hydrogens (tertiary/aromatic N) is 2. The molecule has 108 valence electrons. The molecule has 0 amide bonds. The first-order valence-corrected chi connectivity index (χ1v) is 7.40. The zero-order chi connectivity index (χ0) is 14.3. The van der Waals surface area contributed by atoms with Crippen molar-refractivity contribution in [3.05, 3.63) is 18.2 Å². The van der Waals surface area contributed by atoms with Gasteiger partial charge in [-0.1, -0.05) is 13.8 Å². The van der Waals surface area contributed by atoms with Gasteiger partial charge in [-0.05, 0) is 43.2 Å². The van der Waals surface area contributed by atoms with Crippen molar-refractivity contribution in [1.82, 2.24) is 9.55 Å². The lowest BCUT2D eigenvalue weighted by molar-refractivity contribution is 0.226. The molecule has 1 heterocycles. The highest BCUT2D eigenvalue weighted by Gasteiger charge is 2.27. The van der Waals surface area contributed by atoms with E-state index in [1.807, 2.05) is 12.1 Å². The maximum atomic E-state index is 6.18. The summed E-state index contributed by atoms with van der Waals surface area (Å²) in [6.45, 7) is 4.67. The molecular formula is C16H23N3O. The third kappa shape index (κ3) is 2.23. The second-order valence-electron chi connectivity index (χ2n) is 6.27. The van der Waals surface area contributed by atoms with Crippen molar-refractivity contribution in [2.75, 3.05) is 12.8 Å². The molecule has 4 heteroatoms. The highest BCUT2D eigenvalue weighted by atomic mass is 16.5. The number of aromatic nitrogens is 2. The van der Waals surface area contributed by atoms with Gasteiger partial charge in [0.1, 0.15) is 5.75 Å². The number of nitrogens with two attached hydrogens (primary N) is 1. The smallest absolute Gasteiger partial charge is 0.201 e. The van der Waals surface area contributed by atoms with Crippen LogP contribution in [0.25, 0.3) is 11.0 Å². The summed E-state index contributed by atoms with van der Waals surface area (Å²) in [5.41, 5.74) is 8.22. The molecule has 1 aromatic heterocycles. The largest absolute Gasteiger partial charge is 0.497 e. The number of ether oxygens (including phenoxy) is 1. The summed E-state index contributed by atoms with van der Waals surface area (Å²) in [4.78, 5) is 4.51. The number of nitrogen functional groups attached to an aromatic ring is 1. The number of methoxy groups -OCH3 is 1. The third-order valence-corrected chi connectivity index (χ3v) is 4.44. The van der Waals surface area contributed by atoms with Crippen molar-refractivity contribution in [1.29, 1.82) is 0 Å². The normalized spacial score (nSPS) is 26.9. The molecule has 0 aliphatic heterocycles. The molecule has 1 aliphatic rings. The van der Waals surface area contributed by atoms with E-state index in [1.165, 1.54) is 19.3 Å². The molecule has 0 bridgehead atoms. The Labute approximate surface area is 119 Å². The number of hydrogen-bond acceptors (Lipinski definition) is 3. The lowest BCUT2D eigenvalue weighted by Crippen LogP contribution is -2.23. The SMILES string of the molecule is COc1ccc2c(c1)nc(N)n2C1CC(C)CC(C)C1. The molecule has 2 aromatic rings. The number of benzene rings is 1.